The average molecular weight is 337 g/mol. The number of carbonyl (C=O) groups excluding carboxylic acids is 1. The van der Waals surface area contributed by atoms with Crippen LogP contribution in [0.4, 0.5) is 0 Å². The lowest BCUT2D eigenvalue weighted by Crippen LogP contribution is -2.61. The van der Waals surface area contributed by atoms with E-state index >= 15 is 0 Å². The van der Waals surface area contributed by atoms with E-state index in [1.807, 2.05) is 37.3 Å². The van der Waals surface area contributed by atoms with E-state index in [0.717, 1.165) is 5.56 Å². The standard InChI is InChI=1S/C19H32O3Si/c1-15(20)19(6,16(2)21)23(7,18(3,4)5)14-22-13-17-11-9-8-10-12-17/h8-12,15,20H,13-14H2,1-7H3/t15-,19-,23-/m0/s1. The maximum atomic E-state index is 12.5. The number of carbonyl (C=O) groups is 1. The molecular weight excluding hydrogens is 304 g/mol. The third-order valence-electron chi connectivity index (χ3n) is 5.87. The molecule has 130 valence electrons. The van der Waals surface area contributed by atoms with Crippen LogP contribution in [0.25, 0.3) is 0 Å². The smallest absolute Gasteiger partial charge is 0.135 e. The van der Waals surface area contributed by atoms with Gasteiger partial charge in [-0.1, -0.05) is 64.6 Å². The van der Waals surface area contributed by atoms with E-state index in [9.17, 15) is 9.90 Å². The van der Waals surface area contributed by atoms with Gasteiger partial charge in [0.05, 0.1) is 12.7 Å². The van der Waals surface area contributed by atoms with Crippen molar-refractivity contribution in [1.29, 1.82) is 0 Å². The Kier molecular flexibility index (Phi) is 6.36. The molecule has 0 spiro atoms. The van der Waals surface area contributed by atoms with Gasteiger partial charge in [0.15, 0.2) is 0 Å². The Morgan fingerprint density at radius 3 is 2.13 bits per heavy atom. The first-order chi connectivity index (χ1) is 10.5. The molecular formula is C19H32O3Si. The minimum Gasteiger partial charge on any atom is -0.393 e. The summed E-state index contributed by atoms with van der Waals surface area (Å²) >= 11 is 0. The van der Waals surface area contributed by atoms with Crippen molar-refractivity contribution < 1.29 is 14.6 Å². The molecule has 3 nitrogen and oxygen atoms in total. The largest absolute Gasteiger partial charge is 0.393 e. The molecule has 0 heterocycles. The minimum absolute atomic E-state index is 0.0555. The quantitative estimate of drug-likeness (QED) is 0.753. The highest BCUT2D eigenvalue weighted by atomic mass is 28.3. The number of hydrogen-bond donors (Lipinski definition) is 1. The molecule has 0 bridgehead atoms. The Hall–Kier alpha value is -0.973. The van der Waals surface area contributed by atoms with Crippen LogP contribution in [-0.4, -0.2) is 31.3 Å². The maximum Gasteiger partial charge on any atom is 0.135 e. The van der Waals surface area contributed by atoms with Crippen LogP contribution in [-0.2, 0) is 16.1 Å². The van der Waals surface area contributed by atoms with Crippen LogP contribution in [0, 0.1) is 0 Å². The van der Waals surface area contributed by atoms with Crippen molar-refractivity contribution in [2.24, 2.45) is 0 Å². The zero-order valence-electron chi connectivity index (χ0n) is 15.6. The van der Waals surface area contributed by atoms with Gasteiger partial charge in [-0.3, -0.25) is 4.79 Å². The molecule has 23 heavy (non-hydrogen) atoms. The fourth-order valence-electron chi connectivity index (χ4n) is 3.24. The third-order valence-corrected chi connectivity index (χ3v) is 13.0. The first kappa shape index (κ1) is 20.1. The number of hydrogen-bond acceptors (Lipinski definition) is 3. The number of ketones is 1. The SMILES string of the molecule is CC(=O)[C@](C)([C@H](C)O)[Si@@](C)(COCc1ccccc1)C(C)(C)C. The molecule has 0 aliphatic heterocycles. The molecule has 0 aliphatic carbocycles. The number of aliphatic hydroxyl groups excluding tert-OH is 1. The van der Waals surface area contributed by atoms with Gasteiger partial charge in [-0.2, -0.15) is 0 Å². The predicted molar refractivity (Wildman–Crippen MR) is 98.2 cm³/mol. The zero-order valence-corrected chi connectivity index (χ0v) is 16.6. The number of ether oxygens (including phenoxy) is 1. The van der Waals surface area contributed by atoms with E-state index in [0.29, 0.717) is 12.8 Å². The van der Waals surface area contributed by atoms with Gasteiger partial charge in [-0.05, 0) is 24.4 Å². The van der Waals surface area contributed by atoms with Gasteiger partial charge in [-0.15, -0.1) is 0 Å². The Morgan fingerprint density at radius 1 is 1.22 bits per heavy atom. The first-order valence-corrected chi connectivity index (χ1v) is 11.0. The van der Waals surface area contributed by atoms with Crippen molar-refractivity contribution in [2.45, 2.75) is 70.9 Å². The summed E-state index contributed by atoms with van der Waals surface area (Å²) in [4.78, 5) is 12.5. The summed E-state index contributed by atoms with van der Waals surface area (Å²) in [6, 6.07) is 10.0. The number of benzene rings is 1. The van der Waals surface area contributed by atoms with Crippen LogP contribution >= 0.6 is 0 Å². The molecule has 1 rings (SSSR count). The number of Topliss-reactive ketones (excluding diaryl/α,β-unsaturated/α-hetero) is 1. The molecule has 3 atom stereocenters. The van der Waals surface area contributed by atoms with E-state index in [-0.39, 0.29) is 10.8 Å². The zero-order chi connectivity index (χ0) is 17.9. The molecule has 0 saturated heterocycles. The predicted octanol–water partition coefficient (Wildman–Crippen LogP) is 4.35. The highest BCUT2D eigenvalue weighted by molar-refractivity contribution is 6.87. The van der Waals surface area contributed by atoms with Gasteiger partial charge >= 0.3 is 0 Å². The van der Waals surface area contributed by atoms with Gasteiger partial charge in [0, 0.05) is 11.3 Å². The van der Waals surface area contributed by atoms with E-state index in [1.54, 1.807) is 13.8 Å². The van der Waals surface area contributed by atoms with Crippen LogP contribution in [0.1, 0.15) is 47.1 Å². The van der Waals surface area contributed by atoms with Gasteiger partial charge < -0.3 is 9.84 Å². The van der Waals surface area contributed by atoms with E-state index in [2.05, 4.69) is 27.3 Å². The van der Waals surface area contributed by atoms with E-state index in [4.69, 9.17) is 4.74 Å². The minimum atomic E-state index is -2.31. The highest BCUT2D eigenvalue weighted by Crippen LogP contribution is 2.54. The van der Waals surface area contributed by atoms with Gasteiger partial charge in [0.1, 0.15) is 13.9 Å². The normalized spacial score (nSPS) is 18.8. The summed E-state index contributed by atoms with van der Waals surface area (Å²) < 4.78 is 6.06. The highest BCUT2D eigenvalue weighted by Gasteiger charge is 2.58. The third kappa shape index (κ3) is 3.93. The molecule has 0 fully saturated rings. The molecule has 0 radical (unpaired) electrons. The molecule has 0 unspecified atom stereocenters. The van der Waals surface area contributed by atoms with Crippen molar-refractivity contribution >= 4 is 13.9 Å². The fourth-order valence-corrected chi connectivity index (χ4v) is 7.74. The Bertz CT molecular complexity index is 521. The summed E-state index contributed by atoms with van der Waals surface area (Å²) in [5.41, 5.74) is 1.12. The molecule has 1 N–H and O–H groups in total. The van der Waals surface area contributed by atoms with E-state index < -0.39 is 19.2 Å². The lowest BCUT2D eigenvalue weighted by molar-refractivity contribution is -0.122. The van der Waals surface area contributed by atoms with E-state index in [1.165, 1.54) is 0 Å². The Balaban J connectivity index is 3.06. The summed E-state index contributed by atoms with van der Waals surface area (Å²) in [7, 11) is -2.31. The van der Waals surface area contributed by atoms with Crippen LogP contribution in [0.5, 0.6) is 0 Å². The number of rotatable bonds is 7. The summed E-state index contributed by atoms with van der Waals surface area (Å²) in [5.74, 6) is 0.0555. The van der Waals surface area contributed by atoms with Crippen LogP contribution < -0.4 is 0 Å². The molecule has 0 amide bonds. The van der Waals surface area contributed by atoms with Crippen molar-refractivity contribution in [3.63, 3.8) is 0 Å². The Labute approximate surface area is 142 Å². The lowest BCUT2D eigenvalue weighted by atomic mass is 10.0. The summed E-state index contributed by atoms with van der Waals surface area (Å²) in [6.45, 7) is 14.5. The second kappa shape index (κ2) is 7.28. The second-order valence-electron chi connectivity index (χ2n) is 8.00. The molecule has 0 saturated carbocycles. The molecule has 0 aromatic heterocycles. The Morgan fingerprint density at radius 2 is 1.74 bits per heavy atom. The average Bonchev–Trinajstić information content (AvgIpc) is 2.45. The fraction of sp³-hybridized carbons (Fsp3) is 0.632. The topological polar surface area (TPSA) is 46.5 Å². The van der Waals surface area contributed by atoms with Gasteiger partial charge in [0.25, 0.3) is 0 Å². The maximum absolute atomic E-state index is 12.5. The first-order valence-electron chi connectivity index (χ1n) is 8.27. The second-order valence-corrected chi connectivity index (χ2v) is 13.5. The summed E-state index contributed by atoms with van der Waals surface area (Å²) in [6.07, 6.45) is -0.136. The summed E-state index contributed by atoms with van der Waals surface area (Å²) in [5, 5.41) is 9.61. The van der Waals surface area contributed by atoms with Crippen LogP contribution in [0.15, 0.2) is 30.3 Å². The number of aliphatic hydroxyl groups is 1. The van der Waals surface area contributed by atoms with Gasteiger partial charge in [0.2, 0.25) is 0 Å². The molecule has 1 aromatic rings. The lowest BCUT2D eigenvalue weighted by Gasteiger charge is -2.52. The van der Waals surface area contributed by atoms with Crippen molar-refractivity contribution in [3.05, 3.63) is 35.9 Å². The molecule has 0 aliphatic rings. The van der Waals surface area contributed by atoms with Crippen LogP contribution in [0.2, 0.25) is 16.6 Å². The molecule has 1 aromatic carbocycles. The van der Waals surface area contributed by atoms with Crippen LogP contribution in [0.3, 0.4) is 0 Å². The van der Waals surface area contributed by atoms with Crippen molar-refractivity contribution in [2.75, 3.05) is 6.23 Å². The van der Waals surface area contributed by atoms with Gasteiger partial charge in [-0.25, -0.2) is 0 Å². The van der Waals surface area contributed by atoms with Crippen molar-refractivity contribution in [3.8, 4) is 0 Å². The van der Waals surface area contributed by atoms with Crippen molar-refractivity contribution in [1.82, 2.24) is 0 Å². The molecule has 4 heteroatoms. The monoisotopic (exact) mass is 336 g/mol.